The molecule has 0 bridgehead atoms. The Bertz CT molecular complexity index is 917. The van der Waals surface area contributed by atoms with E-state index in [2.05, 4.69) is 5.10 Å². The predicted molar refractivity (Wildman–Crippen MR) is 92.4 cm³/mol. The number of amides is 1. The predicted octanol–water partition coefficient (Wildman–Crippen LogP) is 2.56. The third kappa shape index (κ3) is 3.92. The van der Waals surface area contributed by atoms with Gasteiger partial charge >= 0.3 is 5.97 Å². The van der Waals surface area contributed by atoms with Gasteiger partial charge in [0.2, 0.25) is 0 Å². The van der Waals surface area contributed by atoms with Gasteiger partial charge in [-0.2, -0.15) is 5.10 Å². The number of nitrogens with two attached hydrogens (primary N) is 1. The highest BCUT2D eigenvalue weighted by atomic mass is 16.5. The Morgan fingerprint density at radius 2 is 1.92 bits per heavy atom. The second kappa shape index (κ2) is 7.00. The van der Waals surface area contributed by atoms with Crippen LogP contribution in [0.4, 0.5) is 0 Å². The second-order valence-corrected chi connectivity index (χ2v) is 5.67. The maximum atomic E-state index is 12.3. The van der Waals surface area contributed by atoms with Gasteiger partial charge in [0.25, 0.3) is 5.91 Å². The maximum absolute atomic E-state index is 12.3. The average molecular weight is 335 g/mol. The van der Waals surface area contributed by atoms with Crippen LogP contribution in [0.5, 0.6) is 5.75 Å². The number of primary amides is 1. The van der Waals surface area contributed by atoms with E-state index in [4.69, 9.17) is 10.5 Å². The van der Waals surface area contributed by atoms with Crippen molar-refractivity contribution >= 4 is 11.9 Å². The number of nitrogens with zero attached hydrogens (tertiary/aromatic N) is 2. The summed E-state index contributed by atoms with van der Waals surface area (Å²) in [6.45, 7) is 2.38. The quantitative estimate of drug-likeness (QED) is 0.573. The van der Waals surface area contributed by atoms with Crippen molar-refractivity contribution < 1.29 is 14.3 Å². The van der Waals surface area contributed by atoms with Gasteiger partial charge in [0.05, 0.1) is 23.9 Å². The van der Waals surface area contributed by atoms with Crippen molar-refractivity contribution in [2.45, 2.75) is 13.5 Å². The van der Waals surface area contributed by atoms with Gasteiger partial charge in [-0.1, -0.05) is 36.4 Å². The monoisotopic (exact) mass is 335 g/mol. The lowest BCUT2D eigenvalue weighted by Crippen LogP contribution is -2.16. The van der Waals surface area contributed by atoms with Gasteiger partial charge in [0, 0.05) is 6.20 Å². The highest BCUT2D eigenvalue weighted by Gasteiger charge is 2.16. The van der Waals surface area contributed by atoms with Crippen molar-refractivity contribution in [1.82, 2.24) is 9.78 Å². The standard InChI is InChI=1S/C19H17N3O3/c1-13-7-8-16(18(20)23)17(9-13)25-19(24)15-10-21-22(12-15)11-14-5-3-2-4-6-14/h2-10,12H,11H2,1H3,(H2,20,23). The summed E-state index contributed by atoms with van der Waals surface area (Å²) in [5.41, 5.74) is 7.71. The smallest absolute Gasteiger partial charge is 0.346 e. The fraction of sp³-hybridized carbons (Fsp3) is 0.105. The summed E-state index contributed by atoms with van der Waals surface area (Å²) in [4.78, 5) is 23.8. The zero-order chi connectivity index (χ0) is 17.8. The molecule has 0 saturated carbocycles. The average Bonchev–Trinajstić information content (AvgIpc) is 3.04. The summed E-state index contributed by atoms with van der Waals surface area (Å²) in [6, 6.07) is 14.7. The molecule has 2 aromatic carbocycles. The van der Waals surface area contributed by atoms with E-state index in [9.17, 15) is 9.59 Å². The Morgan fingerprint density at radius 1 is 1.16 bits per heavy atom. The first-order valence-electron chi connectivity index (χ1n) is 7.72. The zero-order valence-corrected chi connectivity index (χ0v) is 13.7. The van der Waals surface area contributed by atoms with Crippen LogP contribution in [0.1, 0.15) is 31.8 Å². The number of esters is 1. The van der Waals surface area contributed by atoms with E-state index in [0.717, 1.165) is 11.1 Å². The minimum absolute atomic E-state index is 0.147. The molecule has 0 unspecified atom stereocenters. The van der Waals surface area contributed by atoms with Gasteiger partial charge in [0.1, 0.15) is 5.75 Å². The summed E-state index contributed by atoms with van der Waals surface area (Å²) in [6.07, 6.45) is 3.04. The summed E-state index contributed by atoms with van der Waals surface area (Å²) < 4.78 is 6.99. The topological polar surface area (TPSA) is 87.2 Å². The number of carbonyl (C=O) groups excluding carboxylic acids is 2. The van der Waals surface area contributed by atoms with E-state index < -0.39 is 11.9 Å². The molecular weight excluding hydrogens is 318 g/mol. The molecule has 25 heavy (non-hydrogen) atoms. The van der Waals surface area contributed by atoms with E-state index in [0.29, 0.717) is 12.1 Å². The van der Waals surface area contributed by atoms with Gasteiger partial charge in [-0.25, -0.2) is 4.79 Å². The van der Waals surface area contributed by atoms with Crippen molar-refractivity contribution in [2.75, 3.05) is 0 Å². The van der Waals surface area contributed by atoms with E-state index in [1.54, 1.807) is 29.1 Å². The molecule has 0 spiro atoms. The molecular formula is C19H17N3O3. The molecule has 6 heteroatoms. The van der Waals surface area contributed by atoms with Crippen molar-refractivity contribution in [3.63, 3.8) is 0 Å². The summed E-state index contributed by atoms with van der Waals surface area (Å²) in [7, 11) is 0. The Morgan fingerprint density at radius 3 is 2.64 bits per heavy atom. The number of carbonyl (C=O) groups is 2. The number of hydrogen-bond acceptors (Lipinski definition) is 4. The fourth-order valence-corrected chi connectivity index (χ4v) is 2.40. The highest BCUT2D eigenvalue weighted by molar-refractivity contribution is 5.98. The lowest BCUT2D eigenvalue weighted by Gasteiger charge is -2.08. The normalized spacial score (nSPS) is 10.4. The third-order valence-electron chi connectivity index (χ3n) is 3.66. The van der Waals surface area contributed by atoms with Gasteiger partial charge in [-0.3, -0.25) is 9.48 Å². The van der Waals surface area contributed by atoms with E-state index in [1.807, 2.05) is 37.3 Å². The van der Waals surface area contributed by atoms with Crippen LogP contribution in [0.15, 0.2) is 60.9 Å². The van der Waals surface area contributed by atoms with Crippen LogP contribution in [0.25, 0.3) is 0 Å². The molecule has 3 rings (SSSR count). The summed E-state index contributed by atoms with van der Waals surface area (Å²) >= 11 is 0. The van der Waals surface area contributed by atoms with Gasteiger partial charge < -0.3 is 10.5 Å². The largest absolute Gasteiger partial charge is 0.422 e. The van der Waals surface area contributed by atoms with Gasteiger partial charge in [-0.15, -0.1) is 0 Å². The Hall–Kier alpha value is -3.41. The maximum Gasteiger partial charge on any atom is 0.346 e. The Balaban J connectivity index is 1.76. The summed E-state index contributed by atoms with van der Waals surface area (Å²) in [5, 5.41) is 4.17. The Kier molecular flexibility index (Phi) is 4.61. The molecule has 126 valence electrons. The molecule has 1 amide bonds. The van der Waals surface area contributed by atoms with Crippen LogP contribution in [0, 0.1) is 6.92 Å². The first-order chi connectivity index (χ1) is 12.0. The molecule has 0 saturated heterocycles. The fourth-order valence-electron chi connectivity index (χ4n) is 2.40. The molecule has 2 N–H and O–H groups in total. The molecule has 3 aromatic rings. The van der Waals surface area contributed by atoms with Crippen LogP contribution in [-0.2, 0) is 6.54 Å². The van der Waals surface area contributed by atoms with Crippen LogP contribution >= 0.6 is 0 Å². The molecule has 1 heterocycles. The van der Waals surface area contributed by atoms with Crippen molar-refractivity contribution in [3.05, 3.63) is 83.2 Å². The third-order valence-corrected chi connectivity index (χ3v) is 3.66. The van der Waals surface area contributed by atoms with Gasteiger partial charge in [0.15, 0.2) is 0 Å². The van der Waals surface area contributed by atoms with E-state index in [-0.39, 0.29) is 11.3 Å². The Labute approximate surface area is 144 Å². The number of aryl methyl sites for hydroxylation is 1. The molecule has 0 aliphatic heterocycles. The SMILES string of the molecule is Cc1ccc(C(N)=O)c(OC(=O)c2cnn(Cc3ccccc3)c2)c1. The highest BCUT2D eigenvalue weighted by Crippen LogP contribution is 2.21. The first kappa shape index (κ1) is 16.4. The van der Waals surface area contributed by atoms with Crippen LogP contribution in [0.3, 0.4) is 0 Å². The molecule has 0 aliphatic rings. The van der Waals surface area contributed by atoms with Crippen LogP contribution < -0.4 is 10.5 Å². The number of benzene rings is 2. The molecule has 1 aromatic heterocycles. The minimum atomic E-state index is -0.650. The van der Waals surface area contributed by atoms with E-state index in [1.165, 1.54) is 6.20 Å². The number of ether oxygens (including phenoxy) is 1. The first-order valence-corrected chi connectivity index (χ1v) is 7.72. The van der Waals surface area contributed by atoms with Crippen molar-refractivity contribution in [1.29, 1.82) is 0 Å². The lowest BCUT2D eigenvalue weighted by atomic mass is 10.1. The molecule has 0 fully saturated rings. The summed E-state index contributed by atoms with van der Waals surface area (Å²) in [5.74, 6) is -1.09. The number of rotatable bonds is 5. The molecule has 0 atom stereocenters. The zero-order valence-electron chi connectivity index (χ0n) is 13.7. The number of hydrogen-bond donors (Lipinski definition) is 1. The second-order valence-electron chi connectivity index (χ2n) is 5.67. The molecule has 0 radical (unpaired) electrons. The molecule has 0 aliphatic carbocycles. The minimum Gasteiger partial charge on any atom is -0.422 e. The molecule has 6 nitrogen and oxygen atoms in total. The van der Waals surface area contributed by atoms with Crippen LogP contribution in [-0.4, -0.2) is 21.7 Å². The lowest BCUT2D eigenvalue weighted by molar-refractivity contribution is 0.0732. The van der Waals surface area contributed by atoms with E-state index >= 15 is 0 Å². The van der Waals surface area contributed by atoms with Gasteiger partial charge in [-0.05, 0) is 30.2 Å². The van der Waals surface area contributed by atoms with Crippen molar-refractivity contribution in [2.24, 2.45) is 5.73 Å². The van der Waals surface area contributed by atoms with Crippen LogP contribution in [0.2, 0.25) is 0 Å². The van der Waals surface area contributed by atoms with Crippen molar-refractivity contribution in [3.8, 4) is 5.75 Å². The number of aromatic nitrogens is 2.